The number of aromatic amines is 1. The zero-order valence-corrected chi connectivity index (χ0v) is 17.8. The van der Waals surface area contributed by atoms with Gasteiger partial charge in [0.1, 0.15) is 5.75 Å². The van der Waals surface area contributed by atoms with Crippen LogP contribution in [-0.2, 0) is 13.1 Å². The maximum atomic E-state index is 13.8. The monoisotopic (exact) mass is 417 g/mol. The second-order valence-electron chi connectivity index (χ2n) is 8.35. The molecule has 2 aliphatic rings. The van der Waals surface area contributed by atoms with Crippen molar-refractivity contribution in [3.8, 4) is 17.2 Å². The number of nitrogens with zero attached hydrogens (tertiary/aromatic N) is 2. The number of methoxy groups -OCH3 is 1. The lowest BCUT2D eigenvalue weighted by molar-refractivity contribution is 0.0722. The van der Waals surface area contributed by atoms with Gasteiger partial charge in [-0.3, -0.25) is 9.89 Å². The minimum Gasteiger partial charge on any atom is -0.493 e. The number of nitrogens with one attached hydrogen (secondary N) is 1. The van der Waals surface area contributed by atoms with Crippen LogP contribution in [0.15, 0.2) is 48.7 Å². The molecular weight excluding hydrogens is 390 g/mol. The van der Waals surface area contributed by atoms with E-state index in [1.165, 1.54) is 19.3 Å². The number of carbonyl (C=O) groups excluding carboxylic acids is 1. The second kappa shape index (κ2) is 8.46. The van der Waals surface area contributed by atoms with Crippen molar-refractivity contribution in [2.45, 2.75) is 51.1 Å². The molecule has 0 radical (unpaired) electrons. The molecule has 5 rings (SSSR count). The molecule has 2 heterocycles. The first-order valence-electron chi connectivity index (χ1n) is 11.0. The molecule has 1 saturated carbocycles. The van der Waals surface area contributed by atoms with E-state index in [0.29, 0.717) is 36.1 Å². The highest BCUT2D eigenvalue weighted by molar-refractivity contribution is 5.95. The maximum Gasteiger partial charge on any atom is 0.257 e. The predicted octanol–water partition coefficient (Wildman–Crippen LogP) is 5.41. The lowest BCUT2D eigenvalue weighted by Gasteiger charge is -2.29. The van der Waals surface area contributed by atoms with Gasteiger partial charge in [0.2, 0.25) is 0 Å². The van der Waals surface area contributed by atoms with Crippen LogP contribution >= 0.6 is 0 Å². The molecule has 0 spiro atoms. The molecule has 2 aromatic carbocycles. The van der Waals surface area contributed by atoms with Gasteiger partial charge in [-0.1, -0.05) is 49.6 Å². The Morgan fingerprint density at radius 1 is 1.06 bits per heavy atom. The number of fused-ring (bicyclic) bond motifs is 2. The first-order chi connectivity index (χ1) is 15.2. The Morgan fingerprint density at radius 3 is 2.68 bits per heavy atom. The van der Waals surface area contributed by atoms with Crippen molar-refractivity contribution < 1.29 is 14.3 Å². The van der Waals surface area contributed by atoms with Gasteiger partial charge in [-0.15, -0.1) is 0 Å². The third kappa shape index (κ3) is 3.78. The van der Waals surface area contributed by atoms with Crippen LogP contribution in [0.4, 0.5) is 0 Å². The molecule has 0 unspecified atom stereocenters. The summed E-state index contributed by atoms with van der Waals surface area (Å²) in [5.74, 6) is 2.45. The summed E-state index contributed by atoms with van der Waals surface area (Å²) < 4.78 is 11.8. The average Bonchev–Trinajstić information content (AvgIpc) is 3.29. The number of carbonyl (C=O) groups is 1. The lowest BCUT2D eigenvalue weighted by atomic mass is 9.85. The van der Waals surface area contributed by atoms with Gasteiger partial charge >= 0.3 is 0 Å². The number of H-pyrrole nitrogens is 1. The quantitative estimate of drug-likeness (QED) is 0.618. The molecule has 0 bridgehead atoms. The van der Waals surface area contributed by atoms with E-state index in [4.69, 9.17) is 9.47 Å². The van der Waals surface area contributed by atoms with Crippen LogP contribution in [0.5, 0.6) is 17.2 Å². The van der Waals surface area contributed by atoms with E-state index in [2.05, 4.69) is 10.2 Å². The zero-order chi connectivity index (χ0) is 21.2. The standard InChI is InChI=1S/C25H27N3O3/c1-30-22-13-7-11-19-16-28(15-18-10-5-6-12-21(18)31-24(19)22)25(29)20-14-26-27-23(20)17-8-3-2-4-9-17/h5-7,10-14,17H,2-4,8-9,15-16H2,1H3,(H,26,27). The number of para-hydroxylation sites is 2. The minimum absolute atomic E-state index is 0.000188. The van der Waals surface area contributed by atoms with Crippen LogP contribution in [0.2, 0.25) is 0 Å². The Labute approximate surface area is 182 Å². The van der Waals surface area contributed by atoms with Gasteiger partial charge in [-0.2, -0.15) is 5.10 Å². The van der Waals surface area contributed by atoms with Crippen LogP contribution < -0.4 is 9.47 Å². The Kier molecular flexibility index (Phi) is 5.37. The Balaban J connectivity index is 1.53. The summed E-state index contributed by atoms with van der Waals surface area (Å²) in [5, 5.41) is 7.39. The van der Waals surface area contributed by atoms with E-state index >= 15 is 0 Å². The molecule has 6 heteroatoms. The molecule has 160 valence electrons. The van der Waals surface area contributed by atoms with Crippen molar-refractivity contribution in [1.82, 2.24) is 15.1 Å². The third-order valence-corrected chi connectivity index (χ3v) is 6.39. The van der Waals surface area contributed by atoms with Gasteiger partial charge in [-0.05, 0) is 25.0 Å². The fourth-order valence-electron chi connectivity index (χ4n) is 4.76. The Hall–Kier alpha value is -3.28. The van der Waals surface area contributed by atoms with Crippen molar-refractivity contribution in [2.24, 2.45) is 0 Å². The van der Waals surface area contributed by atoms with Gasteiger partial charge in [0, 0.05) is 17.0 Å². The number of hydrogen-bond acceptors (Lipinski definition) is 4. The largest absolute Gasteiger partial charge is 0.493 e. The molecule has 1 aliphatic carbocycles. The van der Waals surface area contributed by atoms with Crippen LogP contribution in [0.3, 0.4) is 0 Å². The van der Waals surface area contributed by atoms with Crippen molar-refractivity contribution in [3.63, 3.8) is 0 Å². The smallest absolute Gasteiger partial charge is 0.257 e. The van der Waals surface area contributed by atoms with Gasteiger partial charge in [-0.25, -0.2) is 0 Å². The SMILES string of the molecule is COc1cccc2c1Oc1ccccc1CN(C(=O)c1cn[nH]c1C1CCCCC1)C2. The maximum absolute atomic E-state index is 13.8. The summed E-state index contributed by atoms with van der Waals surface area (Å²) in [4.78, 5) is 15.6. The first kappa shape index (κ1) is 19.7. The summed E-state index contributed by atoms with van der Waals surface area (Å²) in [6.45, 7) is 0.913. The minimum atomic E-state index is -0.000188. The number of benzene rings is 2. The summed E-state index contributed by atoms with van der Waals surface area (Å²) in [6, 6.07) is 13.7. The van der Waals surface area contributed by atoms with Gasteiger partial charge in [0.15, 0.2) is 11.5 Å². The highest BCUT2D eigenvalue weighted by Crippen LogP contribution is 2.40. The molecule has 31 heavy (non-hydrogen) atoms. The number of amides is 1. The molecule has 6 nitrogen and oxygen atoms in total. The van der Waals surface area contributed by atoms with Crippen molar-refractivity contribution in [2.75, 3.05) is 7.11 Å². The average molecular weight is 418 g/mol. The van der Waals surface area contributed by atoms with Gasteiger partial charge < -0.3 is 14.4 Å². The van der Waals surface area contributed by atoms with Crippen LogP contribution in [0.25, 0.3) is 0 Å². The number of ether oxygens (including phenoxy) is 2. The molecular formula is C25H27N3O3. The fraction of sp³-hybridized carbons (Fsp3) is 0.360. The van der Waals surface area contributed by atoms with Crippen molar-refractivity contribution >= 4 is 5.91 Å². The first-order valence-corrected chi connectivity index (χ1v) is 11.0. The normalized spacial score (nSPS) is 16.5. The van der Waals surface area contributed by atoms with Crippen molar-refractivity contribution in [3.05, 3.63) is 71.0 Å². The van der Waals surface area contributed by atoms with E-state index in [0.717, 1.165) is 35.4 Å². The fourth-order valence-corrected chi connectivity index (χ4v) is 4.76. The highest BCUT2D eigenvalue weighted by atomic mass is 16.5. The molecule has 0 saturated heterocycles. The van der Waals surface area contributed by atoms with E-state index < -0.39 is 0 Å². The van der Waals surface area contributed by atoms with Crippen LogP contribution in [0.1, 0.15) is 65.2 Å². The summed E-state index contributed by atoms with van der Waals surface area (Å²) in [7, 11) is 1.63. The number of hydrogen-bond donors (Lipinski definition) is 1. The highest BCUT2D eigenvalue weighted by Gasteiger charge is 2.29. The van der Waals surface area contributed by atoms with Crippen LogP contribution in [0, 0.1) is 0 Å². The zero-order valence-electron chi connectivity index (χ0n) is 17.8. The molecule has 3 aromatic rings. The molecule has 1 amide bonds. The Bertz CT molecular complexity index is 1090. The molecule has 1 aliphatic heterocycles. The van der Waals surface area contributed by atoms with E-state index in [9.17, 15) is 4.79 Å². The van der Waals surface area contributed by atoms with Gasteiger partial charge in [0.25, 0.3) is 5.91 Å². The third-order valence-electron chi connectivity index (χ3n) is 6.39. The van der Waals surface area contributed by atoms with E-state index in [-0.39, 0.29) is 5.91 Å². The number of rotatable bonds is 3. The summed E-state index contributed by atoms with van der Waals surface area (Å²) in [6.07, 6.45) is 7.60. The molecule has 1 N–H and O–H groups in total. The molecule has 1 fully saturated rings. The molecule has 0 atom stereocenters. The van der Waals surface area contributed by atoms with Gasteiger partial charge in [0.05, 0.1) is 37.7 Å². The molecule has 1 aromatic heterocycles. The Morgan fingerprint density at radius 2 is 1.84 bits per heavy atom. The lowest BCUT2D eigenvalue weighted by Crippen LogP contribution is -2.32. The topological polar surface area (TPSA) is 67.5 Å². The predicted molar refractivity (Wildman–Crippen MR) is 118 cm³/mol. The van der Waals surface area contributed by atoms with Crippen LogP contribution in [-0.4, -0.2) is 28.1 Å². The summed E-state index contributed by atoms with van der Waals surface area (Å²) in [5.41, 5.74) is 3.57. The van der Waals surface area contributed by atoms with E-state index in [1.54, 1.807) is 13.3 Å². The number of aromatic nitrogens is 2. The second-order valence-corrected chi connectivity index (χ2v) is 8.35. The summed E-state index contributed by atoms with van der Waals surface area (Å²) >= 11 is 0. The van der Waals surface area contributed by atoms with E-state index in [1.807, 2.05) is 47.4 Å². The van der Waals surface area contributed by atoms with Crippen molar-refractivity contribution in [1.29, 1.82) is 0 Å².